The summed E-state index contributed by atoms with van der Waals surface area (Å²) in [6.45, 7) is 17.1. The first-order valence-corrected chi connectivity index (χ1v) is 17.5. The van der Waals surface area contributed by atoms with Gasteiger partial charge in [0.05, 0.1) is 17.1 Å². The van der Waals surface area contributed by atoms with E-state index in [-0.39, 0.29) is 48.9 Å². The molecule has 5 nitrogen and oxygen atoms in total. The van der Waals surface area contributed by atoms with Crippen molar-refractivity contribution in [3.63, 3.8) is 0 Å². The summed E-state index contributed by atoms with van der Waals surface area (Å²) in [5.74, 6) is 1.72. The van der Waals surface area contributed by atoms with Crippen molar-refractivity contribution in [1.82, 2.24) is 4.98 Å². The minimum Gasteiger partial charge on any atom is -0.512 e. The average Bonchev–Trinajstić information content (AvgIpc) is 3.34. The van der Waals surface area contributed by atoms with Crippen molar-refractivity contribution >= 4 is 33.5 Å². The van der Waals surface area contributed by atoms with Crippen molar-refractivity contribution in [2.24, 2.45) is 11.8 Å². The van der Waals surface area contributed by atoms with Crippen LogP contribution in [0.25, 0.3) is 27.6 Å². The largest absolute Gasteiger partial charge is 0.512 e. The van der Waals surface area contributed by atoms with Crippen LogP contribution in [0.1, 0.15) is 92.2 Å². The van der Waals surface area contributed by atoms with Crippen LogP contribution in [0.5, 0.6) is 0 Å². The Labute approximate surface area is 308 Å². The zero-order valence-corrected chi connectivity index (χ0v) is 33.4. The maximum absolute atomic E-state index is 11.7. The van der Waals surface area contributed by atoms with Crippen molar-refractivity contribution in [3.05, 3.63) is 108 Å². The van der Waals surface area contributed by atoms with Gasteiger partial charge in [0, 0.05) is 64.0 Å². The molecule has 1 radical (unpaired) electrons. The van der Waals surface area contributed by atoms with E-state index in [0.717, 1.165) is 53.7 Å². The Morgan fingerprint density at radius 3 is 2.06 bits per heavy atom. The van der Waals surface area contributed by atoms with Gasteiger partial charge < -0.3 is 14.9 Å². The molecule has 0 aliphatic carbocycles. The van der Waals surface area contributed by atoms with Gasteiger partial charge in [-0.05, 0) is 55.2 Å². The minimum absolute atomic E-state index is 0. The number of aliphatic hydroxyl groups is 1. The van der Waals surface area contributed by atoms with E-state index in [0.29, 0.717) is 0 Å². The van der Waals surface area contributed by atoms with Crippen LogP contribution in [0.4, 0.5) is 11.4 Å². The van der Waals surface area contributed by atoms with Crippen LogP contribution in [0.3, 0.4) is 0 Å². The molecule has 1 N–H and O–H groups in total. The molecule has 0 amide bonds. The smallest absolute Gasteiger partial charge is 0.162 e. The number of aliphatic hydroxyl groups excluding tert-OH is 1. The van der Waals surface area contributed by atoms with Gasteiger partial charge in [-0.1, -0.05) is 108 Å². The van der Waals surface area contributed by atoms with E-state index in [4.69, 9.17) is 4.98 Å². The summed E-state index contributed by atoms with van der Waals surface area (Å²) < 4.78 is 0. The van der Waals surface area contributed by atoms with E-state index in [1.165, 1.54) is 34.0 Å². The number of rotatable bonds is 9. The number of ketones is 1. The van der Waals surface area contributed by atoms with Gasteiger partial charge in [-0.25, -0.2) is 0 Å². The van der Waals surface area contributed by atoms with Crippen LogP contribution in [-0.4, -0.2) is 30.0 Å². The van der Waals surface area contributed by atoms with Crippen LogP contribution in [-0.2, 0) is 30.3 Å². The number of carbonyl (C=O) groups is 1. The number of pyridine rings is 1. The standard InChI is InChI=1S/C30H30N3.C13H24O2.Ir/c1-20(21-12-8-7-9-13-21)29-32(5)26-16-17-31-27(28(26)33(29)6)23-18-22-14-10-11-15-24(22)25(19-23)30(2,3)4;1-5-10(6-2)12(14)9-13(15)11(7-3)8-4;/h7-17,19H,1-6H3;9-11,14H,5-8H2,1-4H3;/q-1;;/b29-20-;12-9-;. The van der Waals surface area contributed by atoms with Crippen LogP contribution in [0, 0.1) is 17.9 Å². The summed E-state index contributed by atoms with van der Waals surface area (Å²) in [6, 6.07) is 27.2. The molecule has 0 atom stereocenters. The molecule has 263 valence electrons. The van der Waals surface area contributed by atoms with E-state index >= 15 is 0 Å². The fourth-order valence-corrected chi connectivity index (χ4v) is 6.77. The molecular formula is C43H54IrN3O2-. The molecule has 1 aliphatic heterocycles. The van der Waals surface area contributed by atoms with Gasteiger partial charge in [-0.2, -0.15) is 0 Å². The first-order valence-electron chi connectivity index (χ1n) is 17.5. The first kappa shape index (κ1) is 39.7. The van der Waals surface area contributed by atoms with Crippen LogP contribution in [0.2, 0.25) is 0 Å². The third-order valence-corrected chi connectivity index (χ3v) is 9.70. The van der Waals surface area contributed by atoms with Crippen LogP contribution < -0.4 is 9.80 Å². The zero-order valence-electron chi connectivity index (χ0n) is 31.0. The van der Waals surface area contributed by atoms with Crippen molar-refractivity contribution in [3.8, 4) is 11.3 Å². The predicted octanol–water partition coefficient (Wildman–Crippen LogP) is 11.1. The van der Waals surface area contributed by atoms with Gasteiger partial charge in [0.25, 0.3) is 0 Å². The number of carbonyl (C=O) groups excluding carboxylic acids is 1. The van der Waals surface area contributed by atoms with E-state index in [1.807, 2.05) is 33.9 Å². The van der Waals surface area contributed by atoms with Crippen molar-refractivity contribution in [2.75, 3.05) is 23.9 Å². The van der Waals surface area contributed by atoms with E-state index < -0.39 is 0 Å². The van der Waals surface area contributed by atoms with Gasteiger partial charge >= 0.3 is 0 Å². The van der Waals surface area contributed by atoms with Crippen molar-refractivity contribution in [1.29, 1.82) is 0 Å². The third kappa shape index (κ3) is 8.71. The summed E-state index contributed by atoms with van der Waals surface area (Å²) >= 11 is 0. The van der Waals surface area contributed by atoms with E-state index in [1.54, 1.807) is 0 Å². The Kier molecular flexibility index (Phi) is 14.0. The van der Waals surface area contributed by atoms with E-state index in [2.05, 4.69) is 124 Å². The second-order valence-corrected chi connectivity index (χ2v) is 13.9. The summed E-state index contributed by atoms with van der Waals surface area (Å²) in [5.41, 5.74) is 8.07. The fourth-order valence-electron chi connectivity index (χ4n) is 6.77. The molecule has 0 saturated heterocycles. The Morgan fingerprint density at radius 1 is 0.878 bits per heavy atom. The fraction of sp³-hybridized carbons (Fsp3) is 0.395. The number of hydrogen-bond acceptors (Lipinski definition) is 5. The Balaban J connectivity index is 0.000000347. The summed E-state index contributed by atoms with van der Waals surface area (Å²) in [5, 5.41) is 12.1. The normalized spacial score (nSPS) is 14.1. The topological polar surface area (TPSA) is 56.7 Å². The average molecular weight is 837 g/mol. The molecule has 1 aromatic heterocycles. The van der Waals surface area contributed by atoms with Gasteiger partial charge in [0.1, 0.15) is 5.82 Å². The first-order chi connectivity index (χ1) is 22.9. The maximum Gasteiger partial charge on any atom is 0.162 e. The molecule has 0 saturated carbocycles. The zero-order chi connectivity index (χ0) is 35.2. The Bertz CT molecular complexity index is 1780. The van der Waals surface area contributed by atoms with Crippen molar-refractivity contribution < 1.29 is 30.0 Å². The molecule has 4 aromatic rings. The second-order valence-electron chi connectivity index (χ2n) is 13.9. The molecule has 5 rings (SSSR count). The number of benzene rings is 3. The molecule has 6 heteroatoms. The van der Waals surface area contributed by atoms with Crippen molar-refractivity contribution in [2.45, 2.75) is 86.5 Å². The molecule has 1 aliphatic rings. The molecule has 0 bridgehead atoms. The molecule has 3 aromatic carbocycles. The minimum atomic E-state index is 0. The number of aromatic nitrogens is 1. The van der Waals surface area contributed by atoms with Gasteiger partial charge in [-0.15, -0.1) is 29.1 Å². The summed E-state index contributed by atoms with van der Waals surface area (Å²) in [4.78, 5) is 21.1. The van der Waals surface area contributed by atoms with E-state index in [9.17, 15) is 9.90 Å². The van der Waals surface area contributed by atoms with Gasteiger partial charge in [-0.3, -0.25) is 9.78 Å². The number of hydrogen-bond donors (Lipinski definition) is 1. The molecule has 0 fully saturated rings. The SMILES string of the molecule is C/C(=C1\N(C)c2ccnc(-c3[c-]c4ccccc4c(C(C)(C)C)c3)c2N1C)c1ccccc1.CCC(CC)C(=O)/C=C(\O)C(CC)CC.[Ir]. The van der Waals surface area contributed by atoms with Gasteiger partial charge in [0.2, 0.25) is 0 Å². The predicted molar refractivity (Wildman–Crippen MR) is 204 cm³/mol. The molecule has 2 heterocycles. The maximum atomic E-state index is 11.7. The Hall–Kier alpha value is -3.73. The molecule has 49 heavy (non-hydrogen) atoms. The summed E-state index contributed by atoms with van der Waals surface area (Å²) in [7, 11) is 4.28. The molecule has 0 unspecified atom stereocenters. The Morgan fingerprint density at radius 2 is 1.47 bits per heavy atom. The second kappa shape index (κ2) is 17.3. The quantitative estimate of drug-likeness (QED) is 0.103. The van der Waals surface area contributed by atoms with Crippen LogP contribution >= 0.6 is 0 Å². The number of fused-ring (bicyclic) bond motifs is 2. The summed E-state index contributed by atoms with van der Waals surface area (Å²) in [6.07, 6.45) is 6.82. The van der Waals surface area contributed by atoms with Crippen LogP contribution in [0.15, 0.2) is 90.6 Å². The number of anilines is 2. The number of nitrogens with zero attached hydrogens (tertiary/aromatic N) is 3. The monoisotopic (exact) mass is 837 g/mol. The molecular weight excluding hydrogens is 783 g/mol. The number of allylic oxidation sites excluding steroid dienone is 3. The third-order valence-electron chi connectivity index (χ3n) is 9.70. The van der Waals surface area contributed by atoms with Gasteiger partial charge in [0.15, 0.2) is 5.78 Å². The molecule has 0 spiro atoms.